The van der Waals surface area contributed by atoms with Crippen molar-refractivity contribution < 1.29 is 24.5 Å². The highest BCUT2D eigenvalue weighted by atomic mass is 32.1. The molecule has 2 heterocycles. The molecule has 2 aromatic carbocycles. The zero-order valence-corrected chi connectivity index (χ0v) is 16.9. The molecule has 0 radical (unpaired) electrons. The Morgan fingerprint density at radius 2 is 1.77 bits per heavy atom. The van der Waals surface area contributed by atoms with Crippen molar-refractivity contribution in [3.05, 3.63) is 87.6 Å². The van der Waals surface area contributed by atoms with E-state index in [0.717, 1.165) is 4.88 Å². The Bertz CT molecular complexity index is 1100. The van der Waals surface area contributed by atoms with Crippen molar-refractivity contribution in [3.8, 4) is 11.5 Å². The standard InChI is InChI=1S/C23H19NO5S/c1-29-17-10-6-15(7-11-17)21(26)19-20(14-4-8-16(25)9-5-14)24(23(28)22(19)27)13-18-3-2-12-30-18/h2-12,20,25-26H,13H2,1H3/b21-19+. The van der Waals surface area contributed by atoms with Crippen LogP contribution in [0.4, 0.5) is 0 Å². The first-order chi connectivity index (χ1) is 14.5. The fourth-order valence-corrected chi connectivity index (χ4v) is 4.22. The minimum atomic E-state index is -0.769. The van der Waals surface area contributed by atoms with Crippen LogP contribution in [0.5, 0.6) is 11.5 Å². The Morgan fingerprint density at radius 3 is 2.37 bits per heavy atom. The van der Waals surface area contributed by atoms with Crippen LogP contribution in [0.15, 0.2) is 71.6 Å². The van der Waals surface area contributed by atoms with Crippen LogP contribution >= 0.6 is 11.3 Å². The summed E-state index contributed by atoms with van der Waals surface area (Å²) in [6.07, 6.45) is 0. The highest BCUT2D eigenvalue weighted by Crippen LogP contribution is 2.41. The van der Waals surface area contributed by atoms with Crippen LogP contribution in [0.2, 0.25) is 0 Å². The number of ether oxygens (including phenoxy) is 1. The van der Waals surface area contributed by atoms with Gasteiger partial charge in [-0.2, -0.15) is 0 Å². The molecule has 4 rings (SSSR count). The van der Waals surface area contributed by atoms with E-state index in [-0.39, 0.29) is 23.6 Å². The Balaban J connectivity index is 1.84. The van der Waals surface area contributed by atoms with Gasteiger partial charge in [-0.3, -0.25) is 9.59 Å². The highest BCUT2D eigenvalue weighted by molar-refractivity contribution is 7.09. The molecule has 0 spiro atoms. The summed E-state index contributed by atoms with van der Waals surface area (Å²) in [6, 6.07) is 15.9. The molecule has 2 N–H and O–H groups in total. The van der Waals surface area contributed by atoms with Crippen molar-refractivity contribution in [1.29, 1.82) is 0 Å². The van der Waals surface area contributed by atoms with Gasteiger partial charge in [0.2, 0.25) is 0 Å². The van der Waals surface area contributed by atoms with Gasteiger partial charge in [-0.25, -0.2) is 0 Å². The van der Waals surface area contributed by atoms with Gasteiger partial charge in [0.05, 0.1) is 25.3 Å². The molecule has 0 aliphatic carbocycles. The van der Waals surface area contributed by atoms with E-state index in [1.54, 1.807) is 36.4 Å². The van der Waals surface area contributed by atoms with Gasteiger partial charge in [-0.1, -0.05) is 18.2 Å². The summed E-state index contributed by atoms with van der Waals surface area (Å²) in [7, 11) is 1.54. The maximum atomic E-state index is 13.0. The second-order valence-electron chi connectivity index (χ2n) is 6.83. The summed E-state index contributed by atoms with van der Waals surface area (Å²) in [4.78, 5) is 28.2. The summed E-state index contributed by atoms with van der Waals surface area (Å²) in [5.41, 5.74) is 1.06. The smallest absolute Gasteiger partial charge is 0.295 e. The topological polar surface area (TPSA) is 87.1 Å². The van der Waals surface area contributed by atoms with Crippen LogP contribution in [0, 0.1) is 0 Å². The minimum Gasteiger partial charge on any atom is -0.508 e. The average Bonchev–Trinajstić information content (AvgIpc) is 3.36. The lowest BCUT2D eigenvalue weighted by molar-refractivity contribution is -0.140. The van der Waals surface area contributed by atoms with E-state index in [1.807, 2.05) is 17.5 Å². The lowest BCUT2D eigenvalue weighted by atomic mass is 9.95. The number of phenolic OH excluding ortho intramolecular Hbond substituents is 1. The van der Waals surface area contributed by atoms with Gasteiger partial charge >= 0.3 is 0 Å². The Kier molecular flexibility index (Phi) is 5.29. The number of rotatable bonds is 5. The van der Waals surface area contributed by atoms with Crippen LogP contribution < -0.4 is 4.74 Å². The van der Waals surface area contributed by atoms with Gasteiger partial charge in [0.15, 0.2) is 0 Å². The first-order valence-electron chi connectivity index (χ1n) is 9.23. The third-order valence-electron chi connectivity index (χ3n) is 5.02. The van der Waals surface area contributed by atoms with Gasteiger partial charge in [-0.15, -0.1) is 11.3 Å². The Morgan fingerprint density at radius 1 is 1.07 bits per heavy atom. The number of aromatic hydroxyl groups is 1. The molecule has 0 saturated carbocycles. The average molecular weight is 421 g/mol. The maximum Gasteiger partial charge on any atom is 0.295 e. The number of benzene rings is 2. The summed E-state index contributed by atoms with van der Waals surface area (Å²) in [6.45, 7) is 0.243. The summed E-state index contributed by atoms with van der Waals surface area (Å²) < 4.78 is 5.14. The number of aliphatic hydroxyl groups is 1. The Labute approximate surface area is 177 Å². The number of likely N-dealkylation sites (tertiary alicyclic amines) is 1. The number of phenols is 1. The number of nitrogens with zero attached hydrogens (tertiary/aromatic N) is 1. The van der Waals surface area contributed by atoms with E-state index in [4.69, 9.17) is 4.74 Å². The predicted octanol–water partition coefficient (Wildman–Crippen LogP) is 4.08. The molecule has 1 aromatic heterocycles. The monoisotopic (exact) mass is 421 g/mol. The largest absolute Gasteiger partial charge is 0.508 e. The van der Waals surface area contributed by atoms with Crippen molar-refractivity contribution in [1.82, 2.24) is 4.90 Å². The van der Waals surface area contributed by atoms with E-state index >= 15 is 0 Å². The first-order valence-corrected chi connectivity index (χ1v) is 10.1. The van der Waals surface area contributed by atoms with Crippen molar-refractivity contribution in [3.63, 3.8) is 0 Å². The fourth-order valence-electron chi connectivity index (χ4n) is 3.52. The minimum absolute atomic E-state index is 0.0208. The van der Waals surface area contributed by atoms with Gasteiger partial charge in [0, 0.05) is 10.4 Å². The fraction of sp³-hybridized carbons (Fsp3) is 0.130. The van der Waals surface area contributed by atoms with Gasteiger partial charge < -0.3 is 19.8 Å². The molecule has 0 bridgehead atoms. The van der Waals surface area contributed by atoms with Crippen LogP contribution in [0.3, 0.4) is 0 Å². The van der Waals surface area contributed by atoms with E-state index in [2.05, 4.69) is 0 Å². The number of carbonyl (C=O) groups is 2. The second-order valence-corrected chi connectivity index (χ2v) is 7.86. The van der Waals surface area contributed by atoms with Gasteiger partial charge in [0.25, 0.3) is 11.7 Å². The molecule has 3 aromatic rings. The SMILES string of the molecule is COc1ccc(/C(O)=C2\C(=O)C(=O)N(Cc3cccs3)C2c2ccc(O)cc2)cc1. The zero-order chi connectivity index (χ0) is 21.3. The molecule has 30 heavy (non-hydrogen) atoms. The van der Waals surface area contributed by atoms with Crippen LogP contribution in [0.25, 0.3) is 5.76 Å². The molecule has 1 atom stereocenters. The van der Waals surface area contributed by atoms with Crippen molar-refractivity contribution in [2.24, 2.45) is 0 Å². The summed E-state index contributed by atoms with van der Waals surface area (Å²) in [5, 5.41) is 22.6. The number of aliphatic hydroxyl groups excluding tert-OH is 1. The molecular weight excluding hydrogens is 402 g/mol. The molecule has 7 heteroatoms. The number of thiophene rings is 1. The first kappa shape index (κ1) is 19.7. The molecule has 1 aliphatic rings. The molecule has 1 amide bonds. The zero-order valence-electron chi connectivity index (χ0n) is 16.1. The van der Waals surface area contributed by atoms with E-state index in [9.17, 15) is 19.8 Å². The predicted molar refractivity (Wildman–Crippen MR) is 113 cm³/mol. The van der Waals surface area contributed by atoms with E-state index in [0.29, 0.717) is 16.9 Å². The number of amides is 1. The van der Waals surface area contributed by atoms with E-state index in [1.165, 1.54) is 35.5 Å². The second kappa shape index (κ2) is 8.04. The van der Waals surface area contributed by atoms with Gasteiger partial charge in [0.1, 0.15) is 17.3 Å². The maximum absolute atomic E-state index is 13.0. The van der Waals surface area contributed by atoms with Crippen molar-refractivity contribution in [2.45, 2.75) is 12.6 Å². The molecule has 1 unspecified atom stereocenters. The number of hydrogen-bond acceptors (Lipinski definition) is 6. The molecule has 1 saturated heterocycles. The van der Waals surface area contributed by atoms with Crippen molar-refractivity contribution >= 4 is 28.8 Å². The summed E-state index contributed by atoms with van der Waals surface area (Å²) >= 11 is 1.49. The molecular formula is C23H19NO5S. The molecule has 6 nitrogen and oxygen atoms in total. The number of carbonyl (C=O) groups excluding carboxylic acids is 2. The molecule has 1 aliphatic heterocycles. The lowest BCUT2D eigenvalue weighted by Gasteiger charge is -2.25. The van der Waals surface area contributed by atoms with Gasteiger partial charge in [-0.05, 0) is 53.4 Å². The Hall–Kier alpha value is -3.58. The molecule has 152 valence electrons. The van der Waals surface area contributed by atoms with Crippen LogP contribution in [-0.2, 0) is 16.1 Å². The van der Waals surface area contributed by atoms with Crippen LogP contribution in [-0.4, -0.2) is 33.9 Å². The quantitative estimate of drug-likeness (QED) is 0.368. The molecule has 1 fully saturated rings. The highest BCUT2D eigenvalue weighted by Gasteiger charge is 2.46. The number of methoxy groups -OCH3 is 1. The number of ketones is 1. The normalized spacial score (nSPS) is 18.0. The lowest BCUT2D eigenvalue weighted by Crippen LogP contribution is -2.28. The van der Waals surface area contributed by atoms with Crippen molar-refractivity contribution in [2.75, 3.05) is 7.11 Å². The third-order valence-corrected chi connectivity index (χ3v) is 5.88. The van der Waals surface area contributed by atoms with E-state index < -0.39 is 17.7 Å². The number of hydrogen-bond donors (Lipinski definition) is 2. The van der Waals surface area contributed by atoms with Crippen LogP contribution in [0.1, 0.15) is 22.0 Å². The third kappa shape index (κ3) is 3.55. The number of Topliss-reactive ketones (excluding diaryl/α,β-unsaturated/α-hetero) is 1. The summed E-state index contributed by atoms with van der Waals surface area (Å²) in [5.74, 6) is -0.971.